The molecule has 8 nitrogen and oxygen atoms in total. The summed E-state index contributed by atoms with van der Waals surface area (Å²) < 4.78 is 1.88. The normalized spacial score (nSPS) is 26.7. The van der Waals surface area contributed by atoms with Crippen LogP contribution in [0.2, 0.25) is 0 Å². The Hall–Kier alpha value is -2.25. The molecule has 26 heavy (non-hydrogen) atoms. The highest BCUT2D eigenvalue weighted by Gasteiger charge is 2.33. The Kier molecular flexibility index (Phi) is 5.38. The molecule has 8 heteroatoms. The van der Waals surface area contributed by atoms with Crippen LogP contribution in [0.15, 0.2) is 6.07 Å². The second kappa shape index (κ2) is 7.55. The number of nitrogens with one attached hydrogen (secondary N) is 1. The molecule has 0 bridgehead atoms. The van der Waals surface area contributed by atoms with Crippen LogP contribution in [0.25, 0.3) is 0 Å². The first-order valence-corrected chi connectivity index (χ1v) is 9.37. The Morgan fingerprint density at radius 2 is 2.08 bits per heavy atom. The number of rotatable bonds is 3. The van der Waals surface area contributed by atoms with Crippen molar-refractivity contribution in [2.24, 2.45) is 18.9 Å². The van der Waals surface area contributed by atoms with Crippen LogP contribution >= 0.6 is 0 Å². The van der Waals surface area contributed by atoms with E-state index < -0.39 is 11.9 Å². The fourth-order valence-electron chi connectivity index (χ4n) is 4.16. The van der Waals surface area contributed by atoms with Gasteiger partial charge in [-0.3, -0.25) is 9.48 Å². The van der Waals surface area contributed by atoms with E-state index in [0.29, 0.717) is 19.5 Å². The number of carbonyl (C=O) groups excluding carboxylic acids is 1. The van der Waals surface area contributed by atoms with Crippen molar-refractivity contribution in [1.29, 1.82) is 0 Å². The molecular weight excluding hydrogens is 334 g/mol. The summed E-state index contributed by atoms with van der Waals surface area (Å²) in [5.74, 6) is -0.00982. The maximum absolute atomic E-state index is 12.7. The van der Waals surface area contributed by atoms with Gasteiger partial charge in [-0.15, -0.1) is 0 Å². The van der Waals surface area contributed by atoms with E-state index >= 15 is 0 Å². The zero-order chi connectivity index (χ0) is 18.8. The summed E-state index contributed by atoms with van der Waals surface area (Å²) in [6.45, 7) is 6.59. The van der Waals surface area contributed by atoms with Crippen LogP contribution in [0.4, 0.5) is 10.6 Å². The van der Waals surface area contributed by atoms with Gasteiger partial charge in [-0.2, -0.15) is 5.10 Å². The Morgan fingerprint density at radius 3 is 2.73 bits per heavy atom. The predicted octanol–water partition coefficient (Wildman–Crippen LogP) is 1.45. The lowest BCUT2D eigenvalue weighted by Crippen LogP contribution is -2.55. The third-order valence-corrected chi connectivity index (χ3v) is 5.35. The molecule has 0 saturated carbocycles. The number of carbonyl (C=O) groups is 2. The number of hydrogen-bond donors (Lipinski definition) is 2. The quantitative estimate of drug-likeness (QED) is 0.848. The van der Waals surface area contributed by atoms with Crippen molar-refractivity contribution < 1.29 is 14.7 Å². The highest BCUT2D eigenvalue weighted by Crippen LogP contribution is 2.23. The summed E-state index contributed by atoms with van der Waals surface area (Å²) in [5.41, 5.74) is 0.982. The van der Waals surface area contributed by atoms with Gasteiger partial charge in [0.25, 0.3) is 0 Å². The number of aryl methyl sites for hydroxylation is 2. The van der Waals surface area contributed by atoms with E-state index in [2.05, 4.69) is 21.4 Å². The molecule has 2 N–H and O–H groups in total. The number of nitrogens with zero attached hydrogens (tertiary/aromatic N) is 4. The molecule has 3 heterocycles. The molecular formula is C18H29N5O3. The van der Waals surface area contributed by atoms with Gasteiger partial charge in [-0.1, -0.05) is 6.92 Å². The van der Waals surface area contributed by atoms with Gasteiger partial charge in [0, 0.05) is 45.3 Å². The summed E-state index contributed by atoms with van der Waals surface area (Å²) in [6.07, 6.45) is 2.57. The smallest absolute Gasteiger partial charge is 0.317 e. The fourth-order valence-corrected chi connectivity index (χ4v) is 4.16. The average molecular weight is 363 g/mol. The number of piperidine rings is 2. The van der Waals surface area contributed by atoms with Crippen LogP contribution in [0.5, 0.6) is 0 Å². The van der Waals surface area contributed by atoms with Crippen molar-refractivity contribution >= 4 is 17.8 Å². The number of carboxylic acids is 1. The van der Waals surface area contributed by atoms with Crippen LogP contribution < -0.4 is 10.2 Å². The minimum Gasteiger partial charge on any atom is -0.481 e. The zero-order valence-corrected chi connectivity index (χ0v) is 15.8. The SMILES string of the molecule is Cc1cc(N2CCCC(NC(=O)N3CC(C)CC(C(=O)O)C3)C2)n(C)n1. The molecule has 1 aromatic rings. The number of hydrogen-bond acceptors (Lipinski definition) is 4. The van der Waals surface area contributed by atoms with Crippen molar-refractivity contribution in [3.05, 3.63) is 11.8 Å². The van der Waals surface area contributed by atoms with E-state index in [1.807, 2.05) is 25.6 Å². The van der Waals surface area contributed by atoms with Crippen molar-refractivity contribution in [1.82, 2.24) is 20.0 Å². The Morgan fingerprint density at radius 1 is 1.31 bits per heavy atom. The minimum absolute atomic E-state index is 0.0620. The van der Waals surface area contributed by atoms with Crippen molar-refractivity contribution in [3.63, 3.8) is 0 Å². The highest BCUT2D eigenvalue weighted by molar-refractivity contribution is 5.77. The summed E-state index contributed by atoms with van der Waals surface area (Å²) in [5, 5.41) is 16.8. The molecule has 2 amide bonds. The van der Waals surface area contributed by atoms with E-state index in [0.717, 1.165) is 37.4 Å². The molecule has 0 radical (unpaired) electrons. The first kappa shape index (κ1) is 18.5. The molecule has 0 aliphatic carbocycles. The molecule has 3 unspecified atom stereocenters. The summed E-state index contributed by atoms with van der Waals surface area (Å²) >= 11 is 0. The third-order valence-electron chi connectivity index (χ3n) is 5.35. The number of carboxylic acid groups (broad SMARTS) is 1. The van der Waals surface area contributed by atoms with Gasteiger partial charge < -0.3 is 20.2 Å². The van der Waals surface area contributed by atoms with E-state index in [1.165, 1.54) is 0 Å². The lowest BCUT2D eigenvalue weighted by Gasteiger charge is -2.38. The van der Waals surface area contributed by atoms with Crippen LogP contribution in [0.3, 0.4) is 0 Å². The molecule has 0 spiro atoms. The molecule has 3 atom stereocenters. The number of likely N-dealkylation sites (tertiary alicyclic amines) is 1. The first-order valence-electron chi connectivity index (χ1n) is 9.37. The molecule has 3 rings (SSSR count). The second-order valence-corrected chi connectivity index (χ2v) is 7.78. The van der Waals surface area contributed by atoms with Gasteiger partial charge in [0.15, 0.2) is 0 Å². The monoisotopic (exact) mass is 363 g/mol. The maximum atomic E-state index is 12.7. The molecule has 2 saturated heterocycles. The van der Waals surface area contributed by atoms with Gasteiger partial charge in [0.05, 0.1) is 11.6 Å². The highest BCUT2D eigenvalue weighted by atomic mass is 16.4. The van der Waals surface area contributed by atoms with Gasteiger partial charge >= 0.3 is 12.0 Å². The molecule has 0 aromatic carbocycles. The summed E-state index contributed by atoms with van der Waals surface area (Å²) in [4.78, 5) is 27.9. The molecule has 144 valence electrons. The van der Waals surface area contributed by atoms with Crippen molar-refractivity contribution in [2.45, 2.75) is 39.2 Å². The molecule has 2 aliphatic heterocycles. The maximum Gasteiger partial charge on any atom is 0.317 e. The number of aliphatic carboxylic acids is 1. The zero-order valence-electron chi connectivity index (χ0n) is 15.8. The molecule has 2 aliphatic rings. The Bertz CT molecular complexity index is 674. The van der Waals surface area contributed by atoms with Crippen LogP contribution in [-0.2, 0) is 11.8 Å². The minimum atomic E-state index is -0.815. The predicted molar refractivity (Wildman–Crippen MR) is 98.2 cm³/mol. The Balaban J connectivity index is 1.60. The van der Waals surface area contributed by atoms with Crippen molar-refractivity contribution in [3.8, 4) is 0 Å². The van der Waals surface area contributed by atoms with Crippen LogP contribution in [0, 0.1) is 18.8 Å². The first-order chi connectivity index (χ1) is 12.3. The number of amides is 2. The van der Waals surface area contributed by atoms with Crippen LogP contribution in [-0.4, -0.2) is 64.0 Å². The summed E-state index contributed by atoms with van der Waals surface area (Å²) in [7, 11) is 1.94. The van der Waals surface area contributed by atoms with Gasteiger partial charge in [0.2, 0.25) is 0 Å². The molecule has 2 fully saturated rings. The average Bonchev–Trinajstić information content (AvgIpc) is 2.93. The van der Waals surface area contributed by atoms with Gasteiger partial charge in [-0.25, -0.2) is 4.79 Å². The summed E-state index contributed by atoms with van der Waals surface area (Å²) in [6, 6.07) is 1.98. The second-order valence-electron chi connectivity index (χ2n) is 7.78. The standard InChI is InChI=1S/C18H29N5O3/c1-12-7-14(17(24)25)10-23(9-12)18(26)19-15-5-4-6-22(11-15)16-8-13(2)20-21(16)3/h8,12,14-15H,4-7,9-11H2,1-3H3,(H,19,26)(H,24,25). The van der Waals surface area contributed by atoms with Gasteiger partial charge in [-0.05, 0) is 32.1 Å². The lowest BCUT2D eigenvalue weighted by molar-refractivity contribution is -0.143. The lowest BCUT2D eigenvalue weighted by atomic mass is 9.91. The van der Waals surface area contributed by atoms with E-state index in [9.17, 15) is 14.7 Å². The number of anilines is 1. The topological polar surface area (TPSA) is 90.7 Å². The number of urea groups is 1. The fraction of sp³-hybridized carbons (Fsp3) is 0.722. The van der Waals surface area contributed by atoms with Gasteiger partial charge in [0.1, 0.15) is 5.82 Å². The van der Waals surface area contributed by atoms with Crippen LogP contribution in [0.1, 0.15) is 31.9 Å². The van der Waals surface area contributed by atoms with E-state index in [4.69, 9.17) is 0 Å². The molecule has 1 aromatic heterocycles. The number of aromatic nitrogens is 2. The third kappa shape index (κ3) is 4.11. The van der Waals surface area contributed by atoms with Crippen molar-refractivity contribution in [2.75, 3.05) is 31.1 Å². The van der Waals surface area contributed by atoms with E-state index in [-0.39, 0.29) is 18.0 Å². The van der Waals surface area contributed by atoms with E-state index in [1.54, 1.807) is 4.90 Å². The Labute approximate surface area is 154 Å². The largest absolute Gasteiger partial charge is 0.481 e.